The van der Waals surface area contributed by atoms with Gasteiger partial charge in [-0.1, -0.05) is 12.0 Å². The lowest BCUT2D eigenvalue weighted by atomic mass is 10.0. The highest BCUT2D eigenvalue weighted by Gasteiger charge is 2.44. The SMILES string of the molecule is CC(C)OC(=O)[C@@H](C)N[P+](=O)OC[C@H]1O[C@@H](n2cnc3c(NC4CC4)ncnc32)[C@@H](C)[C@@H]1O. The van der Waals surface area contributed by atoms with Crippen molar-refractivity contribution < 1.29 is 28.5 Å². The number of aliphatic hydroxyl groups is 1. The number of imidazole rings is 1. The van der Waals surface area contributed by atoms with Crippen LogP contribution in [0.3, 0.4) is 0 Å². The van der Waals surface area contributed by atoms with Crippen molar-refractivity contribution in [3.63, 3.8) is 0 Å². The van der Waals surface area contributed by atoms with Gasteiger partial charge in [0.15, 0.2) is 17.0 Å². The summed E-state index contributed by atoms with van der Waals surface area (Å²) in [6, 6.07) is -0.378. The van der Waals surface area contributed by atoms with Gasteiger partial charge in [0.1, 0.15) is 31.3 Å². The zero-order valence-electron chi connectivity index (χ0n) is 19.0. The Balaban J connectivity index is 1.37. The van der Waals surface area contributed by atoms with Crippen LogP contribution in [0.15, 0.2) is 12.7 Å². The number of fused-ring (bicyclic) bond motifs is 1. The van der Waals surface area contributed by atoms with E-state index in [0.29, 0.717) is 23.0 Å². The molecule has 1 unspecified atom stereocenters. The molecule has 0 spiro atoms. The summed E-state index contributed by atoms with van der Waals surface area (Å²) in [5.41, 5.74) is 1.24. The van der Waals surface area contributed by atoms with Gasteiger partial charge >= 0.3 is 14.1 Å². The molecule has 2 aliphatic rings. The summed E-state index contributed by atoms with van der Waals surface area (Å²) in [6.45, 7) is 6.74. The molecule has 6 atom stereocenters. The molecule has 1 aliphatic carbocycles. The Morgan fingerprint density at radius 3 is 2.79 bits per heavy atom. The minimum absolute atomic E-state index is 0.119. The van der Waals surface area contributed by atoms with Crippen molar-refractivity contribution in [1.82, 2.24) is 24.6 Å². The van der Waals surface area contributed by atoms with Crippen molar-refractivity contribution in [3.05, 3.63) is 12.7 Å². The number of aliphatic hydroxyl groups excluding tert-OH is 1. The molecule has 3 N–H and O–H groups in total. The molecule has 2 aromatic heterocycles. The first-order chi connectivity index (χ1) is 15.7. The van der Waals surface area contributed by atoms with Crippen LogP contribution in [0.4, 0.5) is 5.82 Å². The molecule has 180 valence electrons. The van der Waals surface area contributed by atoms with E-state index in [0.717, 1.165) is 12.8 Å². The van der Waals surface area contributed by atoms with Crippen molar-refractivity contribution in [1.29, 1.82) is 0 Å². The largest absolute Gasteiger partial charge is 0.613 e. The fourth-order valence-electron chi connectivity index (χ4n) is 3.64. The number of esters is 1. The van der Waals surface area contributed by atoms with E-state index >= 15 is 0 Å². The lowest BCUT2D eigenvalue weighted by molar-refractivity contribution is -0.149. The summed E-state index contributed by atoms with van der Waals surface area (Å²) in [7, 11) is -2.36. The Kier molecular flexibility index (Phi) is 7.20. The third kappa shape index (κ3) is 5.47. The summed E-state index contributed by atoms with van der Waals surface area (Å²) >= 11 is 0. The zero-order chi connectivity index (χ0) is 23.7. The second kappa shape index (κ2) is 9.94. The summed E-state index contributed by atoms with van der Waals surface area (Å²) in [5, 5.41) is 16.6. The lowest BCUT2D eigenvalue weighted by Gasteiger charge is -2.17. The first kappa shape index (κ1) is 23.9. The Hall–Kier alpha value is -2.24. The molecule has 0 aromatic carbocycles. The fourth-order valence-corrected chi connectivity index (χ4v) is 4.41. The molecular weight excluding hydrogens is 451 g/mol. The van der Waals surface area contributed by atoms with Crippen LogP contribution in [0.1, 0.15) is 46.8 Å². The van der Waals surface area contributed by atoms with E-state index in [2.05, 4.69) is 25.4 Å². The molecule has 4 rings (SSSR count). The molecule has 33 heavy (non-hydrogen) atoms. The number of aromatic nitrogens is 4. The summed E-state index contributed by atoms with van der Waals surface area (Å²) in [4.78, 5) is 25.0. The molecule has 1 saturated carbocycles. The van der Waals surface area contributed by atoms with Gasteiger partial charge in [-0.2, -0.15) is 0 Å². The van der Waals surface area contributed by atoms with Gasteiger partial charge in [0, 0.05) is 12.0 Å². The fraction of sp³-hybridized carbons (Fsp3) is 0.700. The van der Waals surface area contributed by atoms with Gasteiger partial charge in [0.25, 0.3) is 0 Å². The standard InChI is InChI=1S/C20H30N6O6P/c1-10(2)31-20(28)12(4)25-33(29)30-7-14-16(27)11(3)19(32-14)26-9-23-15-17(24-13-5-6-13)21-8-22-18(15)26/h8-14,16,19,27H,5-7H2,1-4H3,(H,25,29)(H,21,22,24)/q+1/t11-,12+,14+,16-,19+/m0/s1. The number of carbonyl (C=O) groups excluding carboxylic acids is 1. The molecule has 0 radical (unpaired) electrons. The van der Waals surface area contributed by atoms with Gasteiger partial charge < -0.3 is 19.9 Å². The smallest absolute Gasteiger partial charge is 0.462 e. The van der Waals surface area contributed by atoms with Crippen molar-refractivity contribution >= 4 is 31.1 Å². The van der Waals surface area contributed by atoms with Crippen molar-refractivity contribution in [2.45, 2.75) is 77.2 Å². The number of hydrogen-bond donors (Lipinski definition) is 3. The average molecular weight is 481 g/mol. The van der Waals surface area contributed by atoms with Gasteiger partial charge in [-0.15, -0.1) is 4.52 Å². The molecule has 1 aliphatic heterocycles. The van der Waals surface area contributed by atoms with E-state index in [9.17, 15) is 14.5 Å². The topological polar surface area (TPSA) is 150 Å². The molecule has 2 aromatic rings. The molecule has 12 nitrogen and oxygen atoms in total. The highest BCUT2D eigenvalue weighted by molar-refractivity contribution is 7.36. The Bertz CT molecular complexity index is 1010. The highest BCUT2D eigenvalue weighted by atomic mass is 31.1. The number of carbonyl (C=O) groups is 1. The van der Waals surface area contributed by atoms with Crippen LogP contribution in [0.25, 0.3) is 11.2 Å². The summed E-state index contributed by atoms with van der Waals surface area (Å²) < 4.78 is 30.5. The second-order valence-corrected chi connectivity index (χ2v) is 9.80. The van der Waals surface area contributed by atoms with Crippen molar-refractivity contribution in [3.8, 4) is 0 Å². The monoisotopic (exact) mass is 481 g/mol. The first-order valence-electron chi connectivity index (χ1n) is 11.1. The molecule has 0 bridgehead atoms. The Morgan fingerprint density at radius 2 is 2.09 bits per heavy atom. The van der Waals surface area contributed by atoms with E-state index in [-0.39, 0.29) is 18.6 Å². The molecule has 3 heterocycles. The van der Waals surface area contributed by atoms with E-state index in [1.165, 1.54) is 6.33 Å². The van der Waals surface area contributed by atoms with Crippen LogP contribution in [0, 0.1) is 5.92 Å². The quantitative estimate of drug-likeness (QED) is 0.337. The van der Waals surface area contributed by atoms with Gasteiger partial charge in [-0.25, -0.2) is 15.0 Å². The number of rotatable bonds is 10. The Labute approximate surface area is 192 Å². The third-order valence-electron chi connectivity index (χ3n) is 5.60. The minimum atomic E-state index is -2.36. The third-order valence-corrected chi connectivity index (χ3v) is 6.58. The van der Waals surface area contributed by atoms with Crippen LogP contribution in [-0.2, 0) is 23.4 Å². The van der Waals surface area contributed by atoms with Crippen LogP contribution in [0.5, 0.6) is 0 Å². The number of anilines is 1. The maximum atomic E-state index is 12.2. The van der Waals surface area contributed by atoms with Crippen LogP contribution in [0.2, 0.25) is 0 Å². The number of ether oxygens (including phenoxy) is 2. The predicted molar refractivity (Wildman–Crippen MR) is 118 cm³/mol. The van der Waals surface area contributed by atoms with Crippen molar-refractivity contribution in [2.75, 3.05) is 11.9 Å². The normalized spacial score (nSPS) is 26.5. The van der Waals surface area contributed by atoms with Gasteiger partial charge in [0.05, 0.1) is 18.5 Å². The number of nitrogens with zero attached hydrogens (tertiary/aromatic N) is 4. The summed E-state index contributed by atoms with van der Waals surface area (Å²) in [6.07, 6.45) is 2.94. The molecule has 0 amide bonds. The van der Waals surface area contributed by atoms with E-state index in [4.69, 9.17) is 14.0 Å². The van der Waals surface area contributed by atoms with Gasteiger partial charge in [-0.3, -0.25) is 9.36 Å². The molecule has 1 saturated heterocycles. The van der Waals surface area contributed by atoms with E-state index in [1.807, 2.05) is 6.92 Å². The van der Waals surface area contributed by atoms with Crippen LogP contribution >= 0.6 is 8.18 Å². The van der Waals surface area contributed by atoms with E-state index < -0.39 is 38.6 Å². The number of hydrogen-bond acceptors (Lipinski definition) is 10. The predicted octanol–water partition coefficient (Wildman–Crippen LogP) is 1.90. The lowest BCUT2D eigenvalue weighted by Crippen LogP contribution is -2.33. The average Bonchev–Trinajstić information content (AvgIpc) is 3.40. The second-order valence-electron chi connectivity index (χ2n) is 8.77. The maximum absolute atomic E-state index is 12.2. The summed E-state index contributed by atoms with van der Waals surface area (Å²) in [5.74, 6) is -0.135. The van der Waals surface area contributed by atoms with Crippen LogP contribution in [-0.4, -0.2) is 67.6 Å². The van der Waals surface area contributed by atoms with Gasteiger partial charge in [0.2, 0.25) is 0 Å². The zero-order valence-corrected chi connectivity index (χ0v) is 19.9. The maximum Gasteiger partial charge on any atom is 0.613 e. The van der Waals surface area contributed by atoms with Crippen LogP contribution < -0.4 is 10.4 Å². The van der Waals surface area contributed by atoms with Crippen molar-refractivity contribution in [2.24, 2.45) is 5.92 Å². The van der Waals surface area contributed by atoms with E-state index in [1.54, 1.807) is 31.7 Å². The molecular formula is C20H30N6O6P+. The number of nitrogens with one attached hydrogen (secondary N) is 2. The first-order valence-corrected chi connectivity index (χ1v) is 12.3. The Morgan fingerprint density at radius 1 is 1.33 bits per heavy atom. The van der Waals surface area contributed by atoms with Gasteiger partial charge in [-0.05, 0) is 38.2 Å². The molecule has 2 fully saturated rings. The molecule has 13 heteroatoms. The minimum Gasteiger partial charge on any atom is -0.462 e. The highest BCUT2D eigenvalue weighted by Crippen LogP contribution is 2.38.